The largest absolute Gasteiger partial charge is 0.465 e. The van der Waals surface area contributed by atoms with Crippen molar-refractivity contribution in [3.05, 3.63) is 17.1 Å². The van der Waals surface area contributed by atoms with E-state index in [2.05, 4.69) is 12.2 Å². The van der Waals surface area contributed by atoms with Crippen LogP contribution >= 0.6 is 0 Å². The smallest absolute Gasteiger partial charge is 0.246 e. The van der Waals surface area contributed by atoms with Crippen molar-refractivity contribution in [2.24, 2.45) is 5.92 Å². The van der Waals surface area contributed by atoms with Crippen LogP contribution in [-0.4, -0.2) is 33.4 Å². The van der Waals surface area contributed by atoms with Crippen LogP contribution in [0.15, 0.2) is 9.31 Å². The Hall–Kier alpha value is -0.850. The summed E-state index contributed by atoms with van der Waals surface area (Å²) in [6, 6.07) is 0. The first kappa shape index (κ1) is 17.2. The van der Waals surface area contributed by atoms with Gasteiger partial charge in [-0.25, -0.2) is 12.7 Å². The van der Waals surface area contributed by atoms with E-state index in [4.69, 9.17) is 4.42 Å². The van der Waals surface area contributed by atoms with Crippen LogP contribution in [0.2, 0.25) is 0 Å². The van der Waals surface area contributed by atoms with E-state index in [1.54, 1.807) is 27.9 Å². The minimum Gasteiger partial charge on any atom is -0.465 e. The van der Waals surface area contributed by atoms with Crippen molar-refractivity contribution in [1.82, 2.24) is 9.62 Å². The second-order valence-electron chi connectivity index (χ2n) is 5.35. The summed E-state index contributed by atoms with van der Waals surface area (Å²) in [4.78, 5) is 0.315. The van der Waals surface area contributed by atoms with Gasteiger partial charge >= 0.3 is 0 Å². The van der Waals surface area contributed by atoms with Gasteiger partial charge in [0.05, 0.1) is 0 Å². The third-order valence-electron chi connectivity index (χ3n) is 3.61. The summed E-state index contributed by atoms with van der Waals surface area (Å²) < 4.78 is 32.5. The van der Waals surface area contributed by atoms with Crippen molar-refractivity contribution < 1.29 is 12.8 Å². The third kappa shape index (κ3) is 3.42. The minimum absolute atomic E-state index is 0.315. The molecule has 1 aromatic heterocycles. The predicted molar refractivity (Wildman–Crippen MR) is 80.2 cm³/mol. The molecule has 20 heavy (non-hydrogen) atoms. The molecule has 1 aromatic rings. The highest BCUT2D eigenvalue weighted by Crippen LogP contribution is 2.29. The van der Waals surface area contributed by atoms with Gasteiger partial charge in [-0.05, 0) is 26.8 Å². The molecule has 1 heterocycles. The molecule has 0 radical (unpaired) electrons. The summed E-state index contributed by atoms with van der Waals surface area (Å²) in [6.45, 7) is 8.61. The molecule has 0 saturated heterocycles. The summed E-state index contributed by atoms with van der Waals surface area (Å²) in [5.74, 6) is 1.45. The lowest BCUT2D eigenvalue weighted by Crippen LogP contribution is -2.32. The summed E-state index contributed by atoms with van der Waals surface area (Å²) in [7, 11) is -0.0832. The summed E-state index contributed by atoms with van der Waals surface area (Å²) in [5.41, 5.74) is 0.723. The number of aryl methyl sites for hydroxylation is 2. The zero-order valence-corrected chi connectivity index (χ0v) is 14.1. The van der Waals surface area contributed by atoms with Crippen molar-refractivity contribution >= 4 is 10.0 Å². The van der Waals surface area contributed by atoms with E-state index in [9.17, 15) is 8.42 Å². The molecular formula is C14H26N2O3S. The zero-order valence-electron chi connectivity index (χ0n) is 13.3. The molecule has 1 rings (SSSR count). The van der Waals surface area contributed by atoms with Crippen LogP contribution in [0.25, 0.3) is 0 Å². The van der Waals surface area contributed by atoms with E-state index in [-0.39, 0.29) is 0 Å². The van der Waals surface area contributed by atoms with Crippen LogP contribution < -0.4 is 5.32 Å². The van der Waals surface area contributed by atoms with Gasteiger partial charge in [0.1, 0.15) is 16.4 Å². The fraction of sp³-hybridized carbons (Fsp3) is 0.714. The van der Waals surface area contributed by atoms with Crippen molar-refractivity contribution in [2.75, 3.05) is 20.6 Å². The first-order chi connectivity index (χ1) is 9.25. The van der Waals surface area contributed by atoms with Gasteiger partial charge in [0.2, 0.25) is 10.0 Å². The monoisotopic (exact) mass is 302 g/mol. The van der Waals surface area contributed by atoms with Gasteiger partial charge in [0.15, 0.2) is 0 Å². The molecule has 1 unspecified atom stereocenters. The number of furan rings is 1. The quantitative estimate of drug-likeness (QED) is 0.839. The summed E-state index contributed by atoms with van der Waals surface area (Å²) in [6.07, 6.45) is 0.951. The lowest BCUT2D eigenvalue weighted by atomic mass is 10.1. The highest BCUT2D eigenvalue weighted by Gasteiger charge is 2.30. The van der Waals surface area contributed by atoms with Crippen molar-refractivity contribution in [3.63, 3.8) is 0 Å². The Kier molecular flexibility index (Phi) is 5.79. The molecule has 1 atom stereocenters. The highest BCUT2D eigenvalue weighted by atomic mass is 32.2. The van der Waals surface area contributed by atoms with Crippen LogP contribution in [-0.2, 0) is 16.6 Å². The Bertz CT molecular complexity index is 549. The summed E-state index contributed by atoms with van der Waals surface area (Å²) >= 11 is 0. The number of hydrogen-bond acceptors (Lipinski definition) is 4. The van der Waals surface area contributed by atoms with Gasteiger partial charge in [-0.15, -0.1) is 0 Å². The third-order valence-corrected chi connectivity index (χ3v) is 5.63. The molecule has 0 fully saturated rings. The van der Waals surface area contributed by atoms with Gasteiger partial charge < -0.3 is 9.73 Å². The SMILES string of the molecule is CCC(C)CN(C)S(=O)(=O)c1c(C)oc(C)c1CNC. The Labute approximate surface area is 122 Å². The average molecular weight is 302 g/mol. The van der Waals surface area contributed by atoms with E-state index in [0.717, 1.165) is 12.0 Å². The van der Waals surface area contributed by atoms with Crippen LogP contribution in [0.1, 0.15) is 37.4 Å². The Morgan fingerprint density at radius 1 is 1.30 bits per heavy atom. The van der Waals surface area contributed by atoms with E-state index in [1.165, 1.54) is 4.31 Å². The first-order valence-corrected chi connectivity index (χ1v) is 8.39. The number of nitrogens with one attached hydrogen (secondary N) is 1. The lowest BCUT2D eigenvalue weighted by molar-refractivity contribution is 0.392. The zero-order chi connectivity index (χ0) is 15.5. The van der Waals surface area contributed by atoms with Crippen LogP contribution in [0, 0.1) is 19.8 Å². The molecule has 6 heteroatoms. The molecule has 0 aliphatic rings. The van der Waals surface area contributed by atoms with E-state index in [1.807, 2.05) is 6.92 Å². The molecular weight excluding hydrogens is 276 g/mol. The van der Waals surface area contributed by atoms with Crippen molar-refractivity contribution in [3.8, 4) is 0 Å². The Morgan fingerprint density at radius 3 is 2.40 bits per heavy atom. The average Bonchev–Trinajstić information content (AvgIpc) is 2.64. The van der Waals surface area contributed by atoms with Gasteiger partial charge in [0, 0.05) is 25.7 Å². The minimum atomic E-state index is -3.51. The van der Waals surface area contributed by atoms with Crippen molar-refractivity contribution in [2.45, 2.75) is 45.6 Å². The van der Waals surface area contributed by atoms with E-state index >= 15 is 0 Å². The maximum absolute atomic E-state index is 12.8. The molecule has 0 aliphatic carbocycles. The highest BCUT2D eigenvalue weighted by molar-refractivity contribution is 7.89. The van der Waals surface area contributed by atoms with E-state index in [0.29, 0.717) is 35.4 Å². The number of hydrogen-bond donors (Lipinski definition) is 1. The second-order valence-corrected chi connectivity index (χ2v) is 7.33. The number of nitrogens with zero attached hydrogens (tertiary/aromatic N) is 1. The molecule has 0 amide bonds. The Morgan fingerprint density at radius 2 is 1.90 bits per heavy atom. The standard InChI is InChI=1S/C14H26N2O3S/c1-7-10(2)9-16(6)20(17,18)14-12(4)19-11(3)13(14)8-15-5/h10,15H,7-9H2,1-6H3. The molecule has 0 spiro atoms. The van der Waals surface area contributed by atoms with Gasteiger partial charge in [-0.2, -0.15) is 0 Å². The fourth-order valence-corrected chi connectivity index (χ4v) is 3.95. The normalized spacial score (nSPS) is 13.9. The summed E-state index contributed by atoms with van der Waals surface area (Å²) in [5, 5.41) is 3.00. The maximum Gasteiger partial charge on any atom is 0.246 e. The van der Waals surface area contributed by atoms with Crippen LogP contribution in [0.5, 0.6) is 0 Å². The predicted octanol–water partition coefficient (Wildman–Crippen LogP) is 2.28. The van der Waals surface area contributed by atoms with Gasteiger partial charge in [-0.1, -0.05) is 20.3 Å². The molecule has 0 bridgehead atoms. The first-order valence-electron chi connectivity index (χ1n) is 6.95. The number of sulfonamides is 1. The maximum atomic E-state index is 12.8. The molecule has 0 aromatic carbocycles. The molecule has 1 N–H and O–H groups in total. The number of rotatable bonds is 7. The molecule has 5 nitrogen and oxygen atoms in total. The lowest BCUT2D eigenvalue weighted by Gasteiger charge is -2.21. The van der Waals surface area contributed by atoms with Gasteiger partial charge in [-0.3, -0.25) is 0 Å². The van der Waals surface area contributed by atoms with Crippen LogP contribution in [0.4, 0.5) is 0 Å². The van der Waals surface area contributed by atoms with E-state index < -0.39 is 10.0 Å². The molecule has 0 aliphatic heterocycles. The fourth-order valence-electron chi connectivity index (χ4n) is 2.25. The van der Waals surface area contributed by atoms with Crippen molar-refractivity contribution in [1.29, 1.82) is 0 Å². The Balaban J connectivity index is 3.21. The van der Waals surface area contributed by atoms with Gasteiger partial charge in [0.25, 0.3) is 0 Å². The second kappa shape index (κ2) is 6.74. The molecule has 0 saturated carbocycles. The molecule has 116 valence electrons. The van der Waals surface area contributed by atoms with Crippen LogP contribution in [0.3, 0.4) is 0 Å². The topological polar surface area (TPSA) is 62.6 Å².